The molecule has 1 aliphatic carbocycles. The average Bonchev–Trinajstić information content (AvgIpc) is 3.06. The van der Waals surface area contributed by atoms with Crippen molar-refractivity contribution in [3.8, 4) is 17.2 Å². The van der Waals surface area contributed by atoms with Gasteiger partial charge in [-0.25, -0.2) is 14.4 Å². The van der Waals surface area contributed by atoms with Crippen LogP contribution < -0.4 is 14.4 Å². The van der Waals surface area contributed by atoms with Crippen LogP contribution in [0.4, 0.5) is 10.2 Å². The number of rotatable bonds is 11. The van der Waals surface area contributed by atoms with Gasteiger partial charge in [-0.2, -0.15) is 0 Å². The maximum absolute atomic E-state index is 14.3. The summed E-state index contributed by atoms with van der Waals surface area (Å²) in [5.41, 5.74) is 2.77. The van der Waals surface area contributed by atoms with Crippen LogP contribution in [0, 0.1) is 11.2 Å². The molecule has 11 nitrogen and oxygen atoms in total. The lowest BCUT2D eigenvalue weighted by Gasteiger charge is -2.59. The van der Waals surface area contributed by atoms with Gasteiger partial charge in [0, 0.05) is 107 Å². The molecule has 1 saturated carbocycles. The van der Waals surface area contributed by atoms with Crippen molar-refractivity contribution in [1.29, 1.82) is 0 Å². The molecule has 4 aliphatic rings. The second-order valence-electron chi connectivity index (χ2n) is 14.5. The fourth-order valence-electron chi connectivity index (χ4n) is 7.86. The molecule has 5 heterocycles. The third-order valence-corrected chi connectivity index (χ3v) is 10.7. The second kappa shape index (κ2) is 14.2. The van der Waals surface area contributed by atoms with E-state index in [-0.39, 0.29) is 34.8 Å². The first-order valence-corrected chi connectivity index (χ1v) is 17.8. The highest BCUT2D eigenvalue weighted by Gasteiger charge is 2.54. The van der Waals surface area contributed by atoms with Crippen molar-refractivity contribution in [3.63, 3.8) is 0 Å². The molecule has 1 spiro atoms. The van der Waals surface area contributed by atoms with E-state index in [1.54, 1.807) is 11.1 Å². The van der Waals surface area contributed by atoms with E-state index in [0.717, 1.165) is 90.5 Å². The van der Waals surface area contributed by atoms with E-state index in [0.29, 0.717) is 18.1 Å². The molecule has 2 aromatic heterocycles. The lowest BCUT2D eigenvalue weighted by Crippen LogP contribution is -2.65. The van der Waals surface area contributed by atoms with Crippen molar-refractivity contribution in [3.05, 3.63) is 65.6 Å². The monoisotopic (exact) mass is 672 g/mol. The van der Waals surface area contributed by atoms with E-state index in [4.69, 9.17) is 14.5 Å². The van der Waals surface area contributed by atoms with Crippen molar-refractivity contribution in [2.45, 2.75) is 58.7 Å². The Bertz CT molecular complexity index is 1630. The van der Waals surface area contributed by atoms with Gasteiger partial charge in [0.05, 0.1) is 11.8 Å². The molecule has 2 saturated heterocycles. The standard InChI is InChI=1S/C37H49FN8O3/c1-5-46(26(2)3)36(47)29-18-27(38)6-7-32(29)49-34-21-39-25-41-35(34)45-23-37(24-45)19-28(20-37)48-33-8-10-40-31-9-11-44(22-30(31)33)17-16-43-14-12-42(4)13-15-43/h6-8,10,18,21,25-26,28H,5,9,11-17,19-20,22-24H2,1-4H3. The number of hydrogen-bond donors (Lipinski definition) is 0. The number of nitrogens with zero attached hydrogens (tertiary/aromatic N) is 8. The van der Waals surface area contributed by atoms with E-state index < -0.39 is 5.82 Å². The molecule has 0 unspecified atom stereocenters. The lowest BCUT2D eigenvalue weighted by atomic mass is 9.61. The molecule has 0 radical (unpaired) electrons. The van der Waals surface area contributed by atoms with Crippen molar-refractivity contribution >= 4 is 11.7 Å². The molecule has 7 rings (SSSR count). The van der Waals surface area contributed by atoms with Gasteiger partial charge in [-0.1, -0.05) is 0 Å². The quantitative estimate of drug-likeness (QED) is 0.293. The van der Waals surface area contributed by atoms with E-state index in [2.05, 4.69) is 36.6 Å². The first kappa shape index (κ1) is 33.6. The number of halogens is 1. The Labute approximate surface area is 289 Å². The number of aromatic nitrogens is 3. The number of pyridine rings is 1. The summed E-state index contributed by atoms with van der Waals surface area (Å²) in [4.78, 5) is 38.2. The van der Waals surface area contributed by atoms with E-state index in [1.165, 1.54) is 35.8 Å². The van der Waals surface area contributed by atoms with Crippen molar-refractivity contribution in [2.75, 3.05) is 77.4 Å². The van der Waals surface area contributed by atoms with Crippen LogP contribution in [0.2, 0.25) is 0 Å². The van der Waals surface area contributed by atoms with Gasteiger partial charge in [0.25, 0.3) is 5.91 Å². The molecule has 12 heteroatoms. The summed E-state index contributed by atoms with van der Waals surface area (Å²) < 4.78 is 27.2. The lowest BCUT2D eigenvalue weighted by molar-refractivity contribution is -0.0353. The van der Waals surface area contributed by atoms with E-state index in [1.807, 2.05) is 33.0 Å². The summed E-state index contributed by atoms with van der Waals surface area (Å²) in [6.07, 6.45) is 8.11. The molecule has 1 amide bonds. The maximum atomic E-state index is 14.3. The molecule has 0 atom stereocenters. The molecule has 1 aromatic carbocycles. The van der Waals surface area contributed by atoms with Crippen LogP contribution in [-0.4, -0.2) is 125 Å². The summed E-state index contributed by atoms with van der Waals surface area (Å²) in [7, 11) is 2.20. The van der Waals surface area contributed by atoms with Gasteiger partial charge in [0.1, 0.15) is 29.7 Å². The molecule has 49 heavy (non-hydrogen) atoms. The van der Waals surface area contributed by atoms with Crippen LogP contribution in [0.15, 0.2) is 43.0 Å². The number of carbonyl (C=O) groups excluding carboxylic acids is 1. The highest BCUT2D eigenvalue weighted by atomic mass is 19.1. The van der Waals surface area contributed by atoms with Crippen LogP contribution in [0.25, 0.3) is 0 Å². The number of ether oxygens (including phenoxy) is 2. The third kappa shape index (κ3) is 7.22. The number of amides is 1. The topological polar surface area (TPSA) is 90.4 Å². The summed E-state index contributed by atoms with van der Waals surface area (Å²) in [6.45, 7) is 16.7. The number of hydrogen-bond acceptors (Lipinski definition) is 10. The van der Waals surface area contributed by atoms with Crippen molar-refractivity contribution < 1.29 is 18.7 Å². The summed E-state index contributed by atoms with van der Waals surface area (Å²) >= 11 is 0. The highest BCUT2D eigenvalue weighted by molar-refractivity contribution is 5.97. The Morgan fingerprint density at radius 2 is 1.80 bits per heavy atom. The number of carbonyl (C=O) groups is 1. The molecular formula is C37H49FN8O3. The van der Waals surface area contributed by atoms with Crippen LogP contribution in [-0.2, 0) is 13.0 Å². The largest absolute Gasteiger partial charge is 0.490 e. The normalized spacial score (nSPS) is 19.8. The predicted molar refractivity (Wildman–Crippen MR) is 186 cm³/mol. The molecule has 0 bridgehead atoms. The number of piperazine rings is 1. The predicted octanol–water partition coefficient (Wildman–Crippen LogP) is 4.33. The SMILES string of the molecule is CCN(C(=O)c1cc(F)ccc1Oc1cncnc1N1CC2(CC(Oc3ccnc4c3CN(CCN3CCN(C)CC3)CC4)C2)C1)C(C)C. The smallest absolute Gasteiger partial charge is 0.257 e. The first-order chi connectivity index (χ1) is 23.7. The minimum Gasteiger partial charge on any atom is -0.490 e. The number of fused-ring (bicyclic) bond motifs is 1. The molecular weight excluding hydrogens is 623 g/mol. The summed E-state index contributed by atoms with van der Waals surface area (Å²) in [5.74, 6) is 1.62. The zero-order chi connectivity index (χ0) is 34.1. The fourth-order valence-corrected chi connectivity index (χ4v) is 7.86. The Balaban J connectivity index is 0.954. The van der Waals surface area contributed by atoms with Crippen molar-refractivity contribution in [2.24, 2.45) is 5.41 Å². The number of likely N-dealkylation sites (N-methyl/N-ethyl adjacent to an activating group) is 1. The molecule has 3 aliphatic heterocycles. The molecule has 3 fully saturated rings. The van der Waals surface area contributed by atoms with Crippen LogP contribution >= 0.6 is 0 Å². The Morgan fingerprint density at radius 1 is 1.02 bits per heavy atom. The third-order valence-electron chi connectivity index (χ3n) is 10.7. The number of benzene rings is 1. The number of anilines is 1. The maximum Gasteiger partial charge on any atom is 0.257 e. The zero-order valence-electron chi connectivity index (χ0n) is 29.3. The molecule has 0 N–H and O–H groups in total. The molecule has 262 valence electrons. The van der Waals surface area contributed by atoms with Gasteiger partial charge in [0.2, 0.25) is 0 Å². The highest BCUT2D eigenvalue weighted by Crippen LogP contribution is 2.52. The first-order valence-electron chi connectivity index (χ1n) is 17.8. The average molecular weight is 673 g/mol. The van der Waals surface area contributed by atoms with Crippen molar-refractivity contribution in [1.82, 2.24) is 34.6 Å². The van der Waals surface area contributed by atoms with Crippen LogP contribution in [0.5, 0.6) is 17.2 Å². The minimum absolute atomic E-state index is 0.0345. The van der Waals surface area contributed by atoms with Gasteiger partial charge in [-0.15, -0.1) is 0 Å². The second-order valence-corrected chi connectivity index (χ2v) is 14.5. The summed E-state index contributed by atoms with van der Waals surface area (Å²) in [5, 5.41) is 0. The van der Waals surface area contributed by atoms with Gasteiger partial charge in [-0.05, 0) is 64.9 Å². The molecule has 3 aromatic rings. The van der Waals surface area contributed by atoms with Gasteiger partial charge < -0.3 is 24.2 Å². The fraction of sp³-hybridized carbons (Fsp3) is 0.568. The van der Waals surface area contributed by atoms with Crippen LogP contribution in [0.3, 0.4) is 0 Å². The van der Waals surface area contributed by atoms with Crippen LogP contribution in [0.1, 0.15) is 55.2 Å². The van der Waals surface area contributed by atoms with Gasteiger partial charge >= 0.3 is 0 Å². The summed E-state index contributed by atoms with van der Waals surface area (Å²) in [6, 6.07) is 6.06. The Morgan fingerprint density at radius 3 is 2.55 bits per heavy atom. The van der Waals surface area contributed by atoms with Gasteiger partial charge in [-0.3, -0.25) is 19.6 Å². The Hall–Kier alpha value is -3.87. The van der Waals surface area contributed by atoms with Gasteiger partial charge in [0.15, 0.2) is 11.6 Å². The minimum atomic E-state index is -0.489. The Kier molecular flexibility index (Phi) is 9.72. The zero-order valence-corrected chi connectivity index (χ0v) is 29.3. The van der Waals surface area contributed by atoms with E-state index in [9.17, 15) is 9.18 Å². The van der Waals surface area contributed by atoms with E-state index >= 15 is 0 Å².